The monoisotopic (exact) mass is 306 g/mol. The molecular formula is C16H19FN2OS. The van der Waals surface area contributed by atoms with Crippen LogP contribution in [-0.2, 0) is 6.42 Å². The minimum atomic E-state index is -0.227. The van der Waals surface area contributed by atoms with Gasteiger partial charge in [0.1, 0.15) is 5.82 Å². The van der Waals surface area contributed by atoms with Gasteiger partial charge in [-0.25, -0.2) is 4.39 Å². The summed E-state index contributed by atoms with van der Waals surface area (Å²) in [5.41, 5.74) is 7.48. The van der Waals surface area contributed by atoms with Crippen molar-refractivity contribution in [3.05, 3.63) is 46.6 Å². The molecule has 0 unspecified atom stereocenters. The molecule has 1 aromatic carbocycles. The summed E-state index contributed by atoms with van der Waals surface area (Å²) in [6.07, 6.45) is 0.783. The van der Waals surface area contributed by atoms with E-state index in [1.54, 1.807) is 18.2 Å². The predicted molar refractivity (Wildman–Crippen MR) is 86.5 cm³/mol. The van der Waals surface area contributed by atoms with Crippen molar-refractivity contribution in [1.82, 2.24) is 0 Å². The van der Waals surface area contributed by atoms with Crippen LogP contribution in [0.25, 0.3) is 0 Å². The van der Waals surface area contributed by atoms with Gasteiger partial charge in [0.05, 0.1) is 15.6 Å². The molecule has 0 spiro atoms. The van der Waals surface area contributed by atoms with Gasteiger partial charge in [-0.2, -0.15) is 0 Å². The van der Waals surface area contributed by atoms with E-state index in [0.29, 0.717) is 17.1 Å². The van der Waals surface area contributed by atoms with E-state index in [0.717, 1.165) is 17.0 Å². The molecule has 21 heavy (non-hydrogen) atoms. The topological polar surface area (TPSA) is 55.1 Å². The van der Waals surface area contributed by atoms with Crippen molar-refractivity contribution in [2.45, 2.75) is 20.3 Å². The molecule has 0 amide bonds. The number of halogens is 1. The zero-order valence-corrected chi connectivity index (χ0v) is 13.0. The Kier molecular flexibility index (Phi) is 4.96. The largest absolute Gasteiger partial charge is 0.397 e. The number of carbonyl (C=O) groups is 1. The van der Waals surface area contributed by atoms with Crippen molar-refractivity contribution in [2.24, 2.45) is 5.92 Å². The van der Waals surface area contributed by atoms with E-state index in [-0.39, 0.29) is 17.5 Å². The lowest BCUT2D eigenvalue weighted by Gasteiger charge is -2.04. The molecule has 0 fully saturated rings. The highest BCUT2D eigenvalue weighted by atomic mass is 32.1. The molecule has 0 radical (unpaired) electrons. The second-order valence-corrected chi connectivity index (χ2v) is 6.27. The molecule has 1 aromatic heterocycles. The Hall–Kier alpha value is -1.88. The lowest BCUT2D eigenvalue weighted by atomic mass is 10.1. The number of anilines is 2. The molecule has 0 aliphatic carbocycles. The molecule has 0 saturated carbocycles. The van der Waals surface area contributed by atoms with Gasteiger partial charge in [0, 0.05) is 12.5 Å². The fourth-order valence-electron chi connectivity index (χ4n) is 1.93. The molecule has 0 aliphatic heterocycles. The van der Waals surface area contributed by atoms with Gasteiger partial charge in [0.2, 0.25) is 0 Å². The maximum atomic E-state index is 12.8. The van der Waals surface area contributed by atoms with Crippen LogP contribution < -0.4 is 11.1 Å². The number of Topliss-reactive ketones (excluding diaryl/α,β-unsaturated/α-hetero) is 1. The maximum absolute atomic E-state index is 12.8. The van der Waals surface area contributed by atoms with E-state index in [9.17, 15) is 9.18 Å². The average Bonchev–Trinajstić information content (AvgIpc) is 2.81. The van der Waals surface area contributed by atoms with Crippen molar-refractivity contribution in [3.63, 3.8) is 0 Å². The zero-order chi connectivity index (χ0) is 15.4. The summed E-state index contributed by atoms with van der Waals surface area (Å²) in [6, 6.07) is 8.25. The van der Waals surface area contributed by atoms with Crippen LogP contribution in [0.5, 0.6) is 0 Å². The second-order valence-electron chi connectivity index (χ2n) is 5.22. The van der Waals surface area contributed by atoms with Crippen molar-refractivity contribution in [1.29, 1.82) is 0 Å². The normalized spacial score (nSPS) is 10.9. The van der Waals surface area contributed by atoms with E-state index in [1.807, 2.05) is 13.8 Å². The van der Waals surface area contributed by atoms with Crippen LogP contribution in [0.4, 0.5) is 15.1 Å². The maximum Gasteiger partial charge on any atom is 0.177 e. The fraction of sp³-hybridized carbons (Fsp3) is 0.312. The third kappa shape index (κ3) is 4.04. The van der Waals surface area contributed by atoms with Gasteiger partial charge in [-0.05, 0) is 30.2 Å². The van der Waals surface area contributed by atoms with Gasteiger partial charge < -0.3 is 11.1 Å². The van der Waals surface area contributed by atoms with Crippen molar-refractivity contribution in [2.75, 3.05) is 17.6 Å². The minimum Gasteiger partial charge on any atom is -0.397 e. The molecule has 2 rings (SSSR count). The Labute approximate surface area is 128 Å². The quantitative estimate of drug-likeness (QED) is 0.794. The highest BCUT2D eigenvalue weighted by molar-refractivity contribution is 7.18. The Morgan fingerprint density at radius 1 is 1.33 bits per heavy atom. The van der Waals surface area contributed by atoms with Gasteiger partial charge in [0.15, 0.2) is 5.78 Å². The van der Waals surface area contributed by atoms with Crippen molar-refractivity contribution < 1.29 is 9.18 Å². The first kappa shape index (κ1) is 15.5. The SMILES string of the molecule is CC(C)C(=O)c1sc(NCCc2ccc(F)cc2)cc1N. The summed E-state index contributed by atoms with van der Waals surface area (Å²) in [7, 11) is 0. The summed E-state index contributed by atoms with van der Waals surface area (Å²) in [4.78, 5) is 12.6. The number of ketones is 1. The van der Waals surface area contributed by atoms with Crippen LogP contribution >= 0.6 is 11.3 Å². The minimum absolute atomic E-state index is 0.0574. The summed E-state index contributed by atoms with van der Waals surface area (Å²) in [6.45, 7) is 4.44. The van der Waals surface area contributed by atoms with Crippen LogP contribution in [0.2, 0.25) is 0 Å². The third-order valence-electron chi connectivity index (χ3n) is 3.14. The van der Waals surface area contributed by atoms with Crippen LogP contribution in [0.3, 0.4) is 0 Å². The smallest absolute Gasteiger partial charge is 0.177 e. The molecule has 0 aliphatic rings. The van der Waals surface area contributed by atoms with Gasteiger partial charge >= 0.3 is 0 Å². The van der Waals surface area contributed by atoms with E-state index >= 15 is 0 Å². The number of thiophene rings is 1. The van der Waals surface area contributed by atoms with Crippen LogP contribution in [0, 0.1) is 11.7 Å². The molecule has 5 heteroatoms. The highest BCUT2D eigenvalue weighted by Gasteiger charge is 2.17. The summed E-state index contributed by atoms with van der Waals surface area (Å²) in [5.74, 6) is -0.211. The van der Waals surface area contributed by atoms with E-state index in [4.69, 9.17) is 5.73 Å². The highest BCUT2D eigenvalue weighted by Crippen LogP contribution is 2.31. The van der Waals surface area contributed by atoms with Crippen LogP contribution in [0.1, 0.15) is 29.1 Å². The van der Waals surface area contributed by atoms with Crippen LogP contribution in [-0.4, -0.2) is 12.3 Å². The number of nitrogen functional groups attached to an aromatic ring is 1. The number of rotatable bonds is 6. The van der Waals surface area contributed by atoms with Crippen molar-refractivity contribution >= 4 is 27.8 Å². The van der Waals surface area contributed by atoms with Gasteiger partial charge in [-0.1, -0.05) is 26.0 Å². The van der Waals surface area contributed by atoms with Gasteiger partial charge in [-0.15, -0.1) is 11.3 Å². The van der Waals surface area contributed by atoms with E-state index < -0.39 is 0 Å². The molecule has 112 valence electrons. The number of hydrogen-bond acceptors (Lipinski definition) is 4. The Morgan fingerprint density at radius 2 is 2.00 bits per heavy atom. The molecule has 2 aromatic rings. The first-order chi connectivity index (χ1) is 9.97. The first-order valence-corrected chi connectivity index (χ1v) is 7.71. The van der Waals surface area contributed by atoms with E-state index in [2.05, 4.69) is 5.32 Å². The summed E-state index contributed by atoms with van der Waals surface area (Å²) < 4.78 is 12.8. The third-order valence-corrected chi connectivity index (χ3v) is 4.26. The lowest BCUT2D eigenvalue weighted by molar-refractivity contribution is 0.0944. The van der Waals surface area contributed by atoms with Crippen LogP contribution in [0.15, 0.2) is 30.3 Å². The summed E-state index contributed by atoms with van der Waals surface area (Å²) in [5, 5.41) is 4.14. The van der Waals surface area contributed by atoms with E-state index in [1.165, 1.54) is 23.5 Å². The number of carbonyl (C=O) groups excluding carboxylic acids is 1. The standard InChI is InChI=1S/C16H19FN2OS/c1-10(2)15(20)16-13(18)9-14(21-16)19-8-7-11-3-5-12(17)6-4-11/h3-6,9-10,19H,7-8,18H2,1-2H3. The molecule has 3 N–H and O–H groups in total. The molecule has 0 bridgehead atoms. The number of hydrogen-bond donors (Lipinski definition) is 2. The van der Waals surface area contributed by atoms with Gasteiger partial charge in [0.25, 0.3) is 0 Å². The molecular weight excluding hydrogens is 287 g/mol. The Morgan fingerprint density at radius 3 is 2.62 bits per heavy atom. The molecule has 3 nitrogen and oxygen atoms in total. The molecule has 0 saturated heterocycles. The second kappa shape index (κ2) is 6.72. The fourth-order valence-corrected chi connectivity index (χ4v) is 3.02. The zero-order valence-electron chi connectivity index (χ0n) is 12.2. The average molecular weight is 306 g/mol. The molecule has 1 heterocycles. The van der Waals surface area contributed by atoms with Crippen molar-refractivity contribution in [3.8, 4) is 0 Å². The lowest BCUT2D eigenvalue weighted by Crippen LogP contribution is -2.07. The number of benzene rings is 1. The summed E-state index contributed by atoms with van der Waals surface area (Å²) >= 11 is 1.39. The van der Waals surface area contributed by atoms with Gasteiger partial charge in [-0.3, -0.25) is 4.79 Å². The Balaban J connectivity index is 1.93. The Bertz CT molecular complexity index is 620. The number of nitrogens with one attached hydrogen (secondary N) is 1. The number of nitrogens with two attached hydrogens (primary N) is 1. The predicted octanol–water partition coefficient (Wildman–Crippen LogP) is 3.96. The molecule has 0 atom stereocenters. The first-order valence-electron chi connectivity index (χ1n) is 6.89.